The van der Waals surface area contributed by atoms with Crippen molar-refractivity contribution < 1.29 is 4.74 Å². The van der Waals surface area contributed by atoms with Crippen LogP contribution in [0, 0.1) is 6.92 Å². The lowest BCUT2D eigenvalue weighted by Gasteiger charge is -2.20. The van der Waals surface area contributed by atoms with Crippen molar-refractivity contribution in [3.8, 4) is 28.0 Å². The second kappa shape index (κ2) is 8.39. The van der Waals surface area contributed by atoms with Crippen LogP contribution in [0.4, 0.5) is 17.3 Å². The van der Waals surface area contributed by atoms with E-state index < -0.39 is 0 Å². The molecule has 4 rings (SSSR count). The molecule has 0 amide bonds. The van der Waals surface area contributed by atoms with E-state index in [1.807, 2.05) is 37.3 Å². The van der Waals surface area contributed by atoms with Gasteiger partial charge in [0.2, 0.25) is 0 Å². The van der Waals surface area contributed by atoms with Gasteiger partial charge in [-0.15, -0.1) is 0 Å². The Balaban J connectivity index is 1.76. The zero-order valence-corrected chi connectivity index (χ0v) is 17.8. The summed E-state index contributed by atoms with van der Waals surface area (Å²) in [5.41, 5.74) is 18.7. The summed E-state index contributed by atoms with van der Waals surface area (Å²) in [7, 11) is 1.58. The second-order valence-corrected chi connectivity index (χ2v) is 7.42. The molecule has 0 aliphatic heterocycles. The summed E-state index contributed by atoms with van der Waals surface area (Å²) in [5.74, 6) is 1.50. The molecule has 0 fully saturated rings. The van der Waals surface area contributed by atoms with Gasteiger partial charge in [0.1, 0.15) is 23.7 Å². The molecule has 0 saturated heterocycles. The molecule has 7 heteroatoms. The lowest BCUT2D eigenvalue weighted by atomic mass is 10.0. The Kier molecular flexibility index (Phi) is 5.49. The van der Waals surface area contributed by atoms with E-state index in [1.165, 1.54) is 6.33 Å². The number of nitrogen functional groups attached to an aromatic ring is 2. The molecular formula is C24H26N6O. The molecule has 0 unspecified atom stereocenters. The normalized spacial score (nSPS) is 11.8. The van der Waals surface area contributed by atoms with Crippen LogP contribution >= 0.6 is 0 Å². The number of nitrogens with one attached hydrogen (secondary N) is 2. The molecule has 6 N–H and O–H groups in total. The van der Waals surface area contributed by atoms with Crippen molar-refractivity contribution in [2.45, 2.75) is 19.9 Å². The average Bonchev–Trinajstić information content (AvgIpc) is 3.16. The Morgan fingerprint density at radius 1 is 1.00 bits per heavy atom. The quantitative estimate of drug-likeness (QED) is 0.337. The van der Waals surface area contributed by atoms with E-state index in [0.717, 1.165) is 28.1 Å². The molecule has 158 valence electrons. The molecular weight excluding hydrogens is 388 g/mol. The van der Waals surface area contributed by atoms with Crippen LogP contribution in [0.1, 0.15) is 24.4 Å². The fourth-order valence-corrected chi connectivity index (χ4v) is 3.84. The van der Waals surface area contributed by atoms with Crippen molar-refractivity contribution in [3.63, 3.8) is 0 Å². The first-order valence-electron chi connectivity index (χ1n) is 10.0. The highest BCUT2D eigenvalue weighted by atomic mass is 16.5. The van der Waals surface area contributed by atoms with Crippen LogP contribution in [0.25, 0.3) is 22.3 Å². The number of hydrogen-bond donors (Lipinski definition) is 4. The summed E-state index contributed by atoms with van der Waals surface area (Å²) >= 11 is 0. The van der Waals surface area contributed by atoms with E-state index in [2.05, 4.69) is 45.4 Å². The average molecular weight is 415 g/mol. The van der Waals surface area contributed by atoms with E-state index in [9.17, 15) is 0 Å². The number of nitrogens with two attached hydrogens (primary N) is 2. The van der Waals surface area contributed by atoms with Crippen LogP contribution in [0.5, 0.6) is 5.75 Å². The van der Waals surface area contributed by atoms with Crippen molar-refractivity contribution >= 4 is 17.3 Å². The number of aromatic amines is 1. The number of para-hydroxylation sites is 1. The predicted octanol–water partition coefficient (Wildman–Crippen LogP) is 4.79. The van der Waals surface area contributed by atoms with Gasteiger partial charge in [-0.1, -0.05) is 42.5 Å². The summed E-state index contributed by atoms with van der Waals surface area (Å²) < 4.78 is 5.54. The van der Waals surface area contributed by atoms with Crippen molar-refractivity contribution in [1.82, 2.24) is 15.0 Å². The largest absolute Gasteiger partial charge is 0.494 e. The van der Waals surface area contributed by atoms with Crippen LogP contribution in [0.2, 0.25) is 0 Å². The Hall–Kier alpha value is -4.00. The number of anilines is 3. The summed E-state index contributed by atoms with van der Waals surface area (Å²) in [6.45, 7) is 4.13. The predicted molar refractivity (Wildman–Crippen MR) is 126 cm³/mol. The van der Waals surface area contributed by atoms with Gasteiger partial charge in [-0.2, -0.15) is 0 Å². The number of H-pyrrole nitrogens is 1. The highest BCUT2D eigenvalue weighted by Gasteiger charge is 2.21. The van der Waals surface area contributed by atoms with Gasteiger partial charge in [0.25, 0.3) is 0 Å². The van der Waals surface area contributed by atoms with Crippen LogP contribution < -0.4 is 21.5 Å². The minimum absolute atomic E-state index is 0.0796. The monoisotopic (exact) mass is 414 g/mol. The number of benzene rings is 2. The number of aromatic nitrogens is 3. The standard InChI is InChI=1S/C24H26N6O/c1-14-12-18(16-8-5-4-6-9-16)21(29-14)15(2)30-24-20(23(26)27-13-28-24)17-10-7-11-19(25)22(17)31-3/h4-13,15,29H,25H2,1-3H3,(H3,26,27,28,30)/t15-/m0/s1. The number of rotatable bonds is 6. The fourth-order valence-electron chi connectivity index (χ4n) is 3.84. The zero-order valence-electron chi connectivity index (χ0n) is 17.8. The van der Waals surface area contributed by atoms with E-state index in [4.69, 9.17) is 16.2 Å². The summed E-state index contributed by atoms with van der Waals surface area (Å²) in [4.78, 5) is 12.2. The lowest BCUT2D eigenvalue weighted by Crippen LogP contribution is -2.12. The lowest BCUT2D eigenvalue weighted by molar-refractivity contribution is 0.418. The first-order valence-corrected chi connectivity index (χ1v) is 10.0. The minimum Gasteiger partial charge on any atom is -0.494 e. The Bertz CT molecular complexity index is 1200. The molecule has 0 saturated carbocycles. The maximum atomic E-state index is 6.27. The fraction of sp³-hybridized carbons (Fsp3) is 0.167. The molecule has 0 spiro atoms. The third kappa shape index (κ3) is 3.90. The first-order chi connectivity index (χ1) is 15.0. The van der Waals surface area contributed by atoms with Crippen molar-refractivity contribution in [3.05, 3.63) is 72.3 Å². The van der Waals surface area contributed by atoms with Crippen molar-refractivity contribution in [2.24, 2.45) is 0 Å². The van der Waals surface area contributed by atoms with Gasteiger partial charge < -0.3 is 26.5 Å². The van der Waals surface area contributed by atoms with Gasteiger partial charge in [-0.3, -0.25) is 0 Å². The number of nitrogens with zero attached hydrogens (tertiary/aromatic N) is 2. The van der Waals surface area contributed by atoms with Crippen LogP contribution in [-0.4, -0.2) is 22.1 Å². The maximum absolute atomic E-state index is 6.27. The number of ether oxygens (including phenoxy) is 1. The van der Waals surface area contributed by atoms with Crippen LogP contribution in [-0.2, 0) is 0 Å². The van der Waals surface area contributed by atoms with E-state index in [-0.39, 0.29) is 6.04 Å². The van der Waals surface area contributed by atoms with Gasteiger partial charge in [-0.05, 0) is 31.5 Å². The van der Waals surface area contributed by atoms with E-state index in [1.54, 1.807) is 13.2 Å². The van der Waals surface area contributed by atoms with E-state index in [0.29, 0.717) is 28.6 Å². The van der Waals surface area contributed by atoms with Crippen molar-refractivity contribution in [1.29, 1.82) is 0 Å². The molecule has 0 aliphatic rings. The molecule has 0 radical (unpaired) electrons. The van der Waals surface area contributed by atoms with Crippen LogP contribution in [0.15, 0.2) is 60.9 Å². The minimum atomic E-state index is -0.0796. The first kappa shape index (κ1) is 20.3. The zero-order chi connectivity index (χ0) is 22.0. The van der Waals surface area contributed by atoms with Crippen LogP contribution in [0.3, 0.4) is 0 Å². The molecule has 31 heavy (non-hydrogen) atoms. The number of methoxy groups -OCH3 is 1. The number of aryl methyl sites for hydroxylation is 1. The third-order valence-corrected chi connectivity index (χ3v) is 5.25. The Labute approximate surface area is 181 Å². The Morgan fingerprint density at radius 2 is 1.77 bits per heavy atom. The summed E-state index contributed by atoms with van der Waals surface area (Å²) in [6, 6.07) is 17.9. The van der Waals surface area contributed by atoms with Gasteiger partial charge in [0.15, 0.2) is 0 Å². The van der Waals surface area contributed by atoms with Crippen molar-refractivity contribution in [2.75, 3.05) is 23.9 Å². The topological polar surface area (TPSA) is 115 Å². The summed E-state index contributed by atoms with van der Waals surface area (Å²) in [5, 5.41) is 3.50. The molecule has 7 nitrogen and oxygen atoms in total. The van der Waals surface area contributed by atoms with E-state index >= 15 is 0 Å². The molecule has 1 atom stereocenters. The highest BCUT2D eigenvalue weighted by Crippen LogP contribution is 2.41. The van der Waals surface area contributed by atoms with Gasteiger partial charge >= 0.3 is 0 Å². The maximum Gasteiger partial charge on any atom is 0.149 e. The van der Waals surface area contributed by atoms with Gasteiger partial charge in [0.05, 0.1) is 24.4 Å². The van der Waals surface area contributed by atoms with Gasteiger partial charge in [-0.25, -0.2) is 9.97 Å². The van der Waals surface area contributed by atoms with Gasteiger partial charge in [0, 0.05) is 22.5 Å². The molecule has 0 aliphatic carbocycles. The SMILES string of the molecule is COc1c(N)cccc1-c1c(N)ncnc1N[C@@H](C)c1[nH]c(C)cc1-c1ccccc1. The Morgan fingerprint density at radius 3 is 2.52 bits per heavy atom. The smallest absolute Gasteiger partial charge is 0.149 e. The second-order valence-electron chi connectivity index (χ2n) is 7.42. The highest BCUT2D eigenvalue weighted by molar-refractivity contribution is 5.89. The molecule has 2 heterocycles. The molecule has 2 aromatic carbocycles. The number of hydrogen-bond acceptors (Lipinski definition) is 6. The molecule has 4 aromatic rings. The summed E-state index contributed by atoms with van der Waals surface area (Å²) in [6.07, 6.45) is 1.45. The third-order valence-electron chi connectivity index (χ3n) is 5.25. The molecule has 0 bridgehead atoms. The molecule has 2 aromatic heterocycles.